The van der Waals surface area contributed by atoms with Crippen molar-refractivity contribution in [2.75, 3.05) is 27.4 Å². The Kier molecular flexibility index (Phi) is 6.52. The van der Waals surface area contributed by atoms with Gasteiger partial charge < -0.3 is 59.1 Å². The van der Waals surface area contributed by atoms with Crippen molar-refractivity contribution in [3.63, 3.8) is 0 Å². The first kappa shape index (κ1) is 25.0. The number of rotatable bonds is 6. The molecule has 0 aliphatic carbocycles. The van der Waals surface area contributed by atoms with Crippen LogP contribution in [0.4, 0.5) is 0 Å². The first-order chi connectivity index (χ1) is 17.8. The van der Waals surface area contributed by atoms with Gasteiger partial charge in [0.05, 0.1) is 26.4 Å². The number of ether oxygens (including phenoxy) is 6. The number of aromatic hydroxyl groups is 2. The molecule has 2 aromatic rings. The molecule has 5 atom stereocenters. The van der Waals surface area contributed by atoms with Crippen molar-refractivity contribution in [3.05, 3.63) is 47.2 Å². The molecule has 1 saturated heterocycles. The Morgan fingerprint density at radius 2 is 1.59 bits per heavy atom. The molecule has 3 aliphatic heterocycles. The summed E-state index contributed by atoms with van der Waals surface area (Å²) in [6.45, 7) is -0.523. The van der Waals surface area contributed by atoms with E-state index in [4.69, 9.17) is 28.4 Å². The fourth-order valence-electron chi connectivity index (χ4n) is 4.45. The molecule has 0 radical (unpaired) electrons. The van der Waals surface area contributed by atoms with Gasteiger partial charge in [-0.3, -0.25) is 0 Å². The van der Waals surface area contributed by atoms with E-state index >= 15 is 0 Å². The van der Waals surface area contributed by atoms with E-state index in [9.17, 15) is 30.6 Å². The van der Waals surface area contributed by atoms with Crippen LogP contribution in [0.15, 0.2) is 36.1 Å². The van der Waals surface area contributed by atoms with Crippen molar-refractivity contribution < 1.29 is 59.1 Å². The van der Waals surface area contributed by atoms with Gasteiger partial charge in [-0.25, -0.2) is 0 Å². The molecule has 3 heterocycles. The Balaban J connectivity index is 1.68. The third-order valence-electron chi connectivity index (χ3n) is 6.33. The lowest BCUT2D eigenvalue weighted by atomic mass is 9.94. The molecule has 6 N–H and O–H groups in total. The van der Waals surface area contributed by atoms with Gasteiger partial charge in [-0.15, -0.1) is 0 Å². The van der Waals surface area contributed by atoms with Gasteiger partial charge in [0.15, 0.2) is 23.0 Å². The second-order valence-corrected chi connectivity index (χ2v) is 8.55. The summed E-state index contributed by atoms with van der Waals surface area (Å²) in [5.41, 5.74) is 1.26. The van der Waals surface area contributed by atoms with Crippen LogP contribution >= 0.6 is 0 Å². The molecule has 12 nitrogen and oxygen atoms in total. The molecule has 37 heavy (non-hydrogen) atoms. The first-order valence-electron chi connectivity index (χ1n) is 11.3. The van der Waals surface area contributed by atoms with Crippen LogP contribution in [0.1, 0.15) is 11.1 Å². The quantitative estimate of drug-likeness (QED) is 0.312. The molecule has 2 aromatic carbocycles. The number of benzene rings is 2. The van der Waals surface area contributed by atoms with E-state index in [1.807, 2.05) is 0 Å². The summed E-state index contributed by atoms with van der Waals surface area (Å²) in [6.07, 6.45) is -5.94. The van der Waals surface area contributed by atoms with Crippen LogP contribution in [0.2, 0.25) is 0 Å². The zero-order valence-electron chi connectivity index (χ0n) is 19.8. The van der Waals surface area contributed by atoms with Crippen LogP contribution in [0.3, 0.4) is 0 Å². The predicted octanol–water partition coefficient (Wildman–Crippen LogP) is 0.468. The Morgan fingerprint density at radius 3 is 2.24 bits per heavy atom. The van der Waals surface area contributed by atoms with E-state index in [2.05, 4.69) is 0 Å². The molecule has 0 unspecified atom stereocenters. The van der Waals surface area contributed by atoms with Gasteiger partial charge in [-0.1, -0.05) is 0 Å². The lowest BCUT2D eigenvalue weighted by Crippen LogP contribution is -2.59. The van der Waals surface area contributed by atoms with Crippen LogP contribution in [-0.4, -0.2) is 88.8 Å². The maximum atomic E-state index is 10.6. The molecule has 0 bridgehead atoms. The Hall–Kier alpha value is -3.68. The number of hydrogen-bond donors (Lipinski definition) is 6. The normalized spacial score (nSPS) is 26.4. The highest BCUT2D eigenvalue weighted by Crippen LogP contribution is 2.51. The minimum atomic E-state index is -1.68. The summed E-state index contributed by atoms with van der Waals surface area (Å²) in [7, 11) is 2.72. The molecule has 1 fully saturated rings. The number of phenols is 2. The van der Waals surface area contributed by atoms with Gasteiger partial charge in [0.1, 0.15) is 48.3 Å². The molecule has 12 heteroatoms. The Bertz CT molecular complexity index is 1240. The van der Waals surface area contributed by atoms with Gasteiger partial charge in [-0.2, -0.15) is 0 Å². The number of allylic oxidation sites excluding steroid dienone is 1. The zero-order chi connectivity index (χ0) is 26.4. The second kappa shape index (κ2) is 9.65. The minimum absolute atomic E-state index is 0.0573. The van der Waals surface area contributed by atoms with Crippen LogP contribution in [0.5, 0.6) is 34.5 Å². The summed E-state index contributed by atoms with van der Waals surface area (Å²) in [5.74, 6) is 0.487. The van der Waals surface area contributed by atoms with E-state index in [1.54, 1.807) is 6.08 Å². The first-order valence-corrected chi connectivity index (χ1v) is 11.3. The predicted molar refractivity (Wildman–Crippen MR) is 125 cm³/mol. The highest BCUT2D eigenvalue weighted by molar-refractivity contribution is 5.94. The largest absolute Gasteiger partial charge is 0.508 e. The fraction of sp³-hybridized carbons (Fsp3) is 0.360. The average molecular weight is 518 g/mol. The lowest BCUT2D eigenvalue weighted by Gasteiger charge is -2.41. The SMILES string of the molecule is COc1cc(C2=C(O[C@@H]3O[C@H](CO)[C@@H](O)[C@H](O)[C@H]3O)C3=CCOc4cc(O)cc(c43)O2)cc(OC)c1O. The Morgan fingerprint density at radius 1 is 0.919 bits per heavy atom. The number of methoxy groups -OCH3 is 2. The van der Waals surface area contributed by atoms with E-state index < -0.39 is 37.3 Å². The van der Waals surface area contributed by atoms with E-state index in [-0.39, 0.29) is 46.9 Å². The molecule has 3 aliphatic rings. The standard InChI is InChI=1S/C25H26O12/c1-32-15-5-10(6-16(33-2)19(15)28)23-24(37-25-22(31)21(30)20(29)17(9-26)36-25)12-3-4-34-13-7-11(27)8-14(35-23)18(12)13/h3,5-8,17,20-22,25-31H,4,9H2,1-2H3/t17-,20-,21+,22-,25+/m1/s1. The summed E-state index contributed by atoms with van der Waals surface area (Å²) in [5, 5.41) is 61.2. The van der Waals surface area contributed by atoms with Gasteiger partial charge >= 0.3 is 0 Å². The van der Waals surface area contributed by atoms with Gasteiger partial charge in [0.25, 0.3) is 0 Å². The van der Waals surface area contributed by atoms with Crippen LogP contribution < -0.4 is 18.9 Å². The van der Waals surface area contributed by atoms with Crippen molar-refractivity contribution in [2.45, 2.75) is 30.7 Å². The van der Waals surface area contributed by atoms with E-state index in [0.717, 1.165) is 0 Å². The number of aliphatic hydroxyl groups excluding tert-OH is 4. The number of phenolic OH excluding ortho intramolecular Hbond substituents is 2. The summed E-state index contributed by atoms with van der Waals surface area (Å²) in [4.78, 5) is 0. The molecular formula is C25H26O12. The molecule has 0 spiro atoms. The molecule has 198 valence electrons. The third-order valence-corrected chi connectivity index (χ3v) is 6.33. The van der Waals surface area contributed by atoms with Crippen LogP contribution in [0, 0.1) is 0 Å². The maximum absolute atomic E-state index is 10.6. The maximum Gasteiger partial charge on any atom is 0.229 e. The topological polar surface area (TPSA) is 177 Å². The summed E-state index contributed by atoms with van der Waals surface area (Å²) in [6, 6.07) is 5.75. The lowest BCUT2D eigenvalue weighted by molar-refractivity contribution is -0.290. The van der Waals surface area contributed by atoms with Crippen molar-refractivity contribution in [3.8, 4) is 34.5 Å². The monoisotopic (exact) mass is 518 g/mol. The van der Waals surface area contributed by atoms with Crippen molar-refractivity contribution >= 4 is 11.3 Å². The van der Waals surface area contributed by atoms with Crippen molar-refractivity contribution in [1.29, 1.82) is 0 Å². The fourth-order valence-corrected chi connectivity index (χ4v) is 4.45. The molecular weight excluding hydrogens is 492 g/mol. The molecule has 0 aromatic heterocycles. The summed E-state index contributed by atoms with van der Waals surface area (Å²) >= 11 is 0. The molecule has 0 amide bonds. The van der Waals surface area contributed by atoms with Gasteiger partial charge in [0, 0.05) is 23.3 Å². The number of hydrogen-bond acceptors (Lipinski definition) is 12. The number of aliphatic hydroxyl groups is 4. The average Bonchev–Trinajstić information content (AvgIpc) is 2.90. The summed E-state index contributed by atoms with van der Waals surface area (Å²) < 4.78 is 34.0. The van der Waals surface area contributed by atoms with Crippen molar-refractivity contribution in [1.82, 2.24) is 0 Å². The van der Waals surface area contributed by atoms with Crippen LogP contribution in [0.25, 0.3) is 11.3 Å². The van der Waals surface area contributed by atoms with E-state index in [1.165, 1.54) is 38.5 Å². The minimum Gasteiger partial charge on any atom is -0.508 e. The molecule has 5 rings (SSSR count). The third kappa shape index (κ3) is 4.18. The molecule has 0 saturated carbocycles. The van der Waals surface area contributed by atoms with Gasteiger partial charge in [0.2, 0.25) is 12.0 Å². The Labute approximate surface area is 210 Å². The highest BCUT2D eigenvalue weighted by Gasteiger charge is 2.46. The second-order valence-electron chi connectivity index (χ2n) is 8.55. The highest BCUT2D eigenvalue weighted by atomic mass is 16.7. The zero-order valence-corrected chi connectivity index (χ0v) is 19.8. The van der Waals surface area contributed by atoms with E-state index in [0.29, 0.717) is 22.4 Å². The van der Waals surface area contributed by atoms with Crippen molar-refractivity contribution in [2.24, 2.45) is 0 Å². The smallest absolute Gasteiger partial charge is 0.229 e. The van der Waals surface area contributed by atoms with Gasteiger partial charge in [-0.05, 0) is 18.2 Å². The van der Waals surface area contributed by atoms with Crippen LogP contribution in [-0.2, 0) is 9.47 Å².